The number of fused-ring (bicyclic) bond motifs is 1. The molecule has 1 atom stereocenters. The van der Waals surface area contributed by atoms with Crippen molar-refractivity contribution in [2.24, 2.45) is 0 Å². The van der Waals surface area contributed by atoms with E-state index in [9.17, 15) is 9.90 Å². The number of hydrogen-bond acceptors (Lipinski definition) is 4. The van der Waals surface area contributed by atoms with E-state index in [0.29, 0.717) is 12.1 Å². The Hall–Kier alpha value is -2.60. The van der Waals surface area contributed by atoms with Gasteiger partial charge in [0, 0.05) is 19.3 Å². The van der Waals surface area contributed by atoms with Crippen LogP contribution in [0.4, 0.5) is 16.3 Å². The molecule has 2 amide bonds. The summed E-state index contributed by atoms with van der Waals surface area (Å²) in [6, 6.07) is 11.2. The van der Waals surface area contributed by atoms with Gasteiger partial charge in [-0.05, 0) is 48.9 Å². The second-order valence-electron chi connectivity index (χ2n) is 7.07. The van der Waals surface area contributed by atoms with Crippen LogP contribution in [-0.2, 0) is 12.0 Å². The van der Waals surface area contributed by atoms with E-state index in [2.05, 4.69) is 20.5 Å². The number of aromatic nitrogens is 1. The predicted octanol–water partition coefficient (Wildman–Crippen LogP) is 2.64. The van der Waals surface area contributed by atoms with Gasteiger partial charge in [-0.15, -0.1) is 0 Å². The fourth-order valence-corrected chi connectivity index (χ4v) is 3.92. The van der Waals surface area contributed by atoms with Crippen LogP contribution >= 0.6 is 0 Å². The molecule has 0 radical (unpaired) electrons. The molecule has 2 heterocycles. The highest BCUT2D eigenvalue weighted by molar-refractivity contribution is 5.92. The standard InChI is InChI=1S/C20H24N4O2/c25-19(22-14-20(26)10-9-15-6-1-2-7-16(15)20)23-17-8-5-11-21-18(17)24-12-3-4-13-24/h1-2,5-8,11,26H,3-4,9-10,12-14H2,(H2,22,23,25). The van der Waals surface area contributed by atoms with Gasteiger partial charge in [0.2, 0.25) is 0 Å². The molecule has 2 aliphatic rings. The SMILES string of the molecule is O=C(NCC1(O)CCc2ccccc21)Nc1cccnc1N1CCCC1. The van der Waals surface area contributed by atoms with Gasteiger partial charge in [0.1, 0.15) is 5.60 Å². The number of benzene rings is 1. The lowest BCUT2D eigenvalue weighted by Crippen LogP contribution is -2.41. The zero-order chi connectivity index (χ0) is 18.0. The highest BCUT2D eigenvalue weighted by atomic mass is 16.3. The Labute approximate surface area is 153 Å². The topological polar surface area (TPSA) is 77.5 Å². The summed E-state index contributed by atoms with van der Waals surface area (Å²) in [6.45, 7) is 2.11. The van der Waals surface area contributed by atoms with Gasteiger partial charge < -0.3 is 20.6 Å². The zero-order valence-electron chi connectivity index (χ0n) is 14.7. The number of rotatable bonds is 4. The third kappa shape index (κ3) is 3.24. The molecule has 0 bridgehead atoms. The van der Waals surface area contributed by atoms with Crippen molar-refractivity contribution in [2.75, 3.05) is 29.9 Å². The van der Waals surface area contributed by atoms with E-state index >= 15 is 0 Å². The maximum Gasteiger partial charge on any atom is 0.319 e. The highest BCUT2D eigenvalue weighted by Crippen LogP contribution is 2.36. The lowest BCUT2D eigenvalue weighted by molar-refractivity contribution is 0.0417. The fraction of sp³-hybridized carbons (Fsp3) is 0.400. The molecule has 1 saturated heterocycles. The van der Waals surface area contributed by atoms with Crippen LogP contribution in [0.15, 0.2) is 42.6 Å². The van der Waals surface area contributed by atoms with E-state index in [4.69, 9.17) is 0 Å². The van der Waals surface area contributed by atoms with Crippen LogP contribution in [0.5, 0.6) is 0 Å². The summed E-state index contributed by atoms with van der Waals surface area (Å²) >= 11 is 0. The van der Waals surface area contributed by atoms with Gasteiger partial charge in [-0.2, -0.15) is 0 Å². The third-order valence-electron chi connectivity index (χ3n) is 5.31. The van der Waals surface area contributed by atoms with Gasteiger partial charge in [0.15, 0.2) is 5.82 Å². The molecular formula is C20H24N4O2. The number of pyridine rings is 1. The van der Waals surface area contributed by atoms with Gasteiger partial charge in [-0.1, -0.05) is 24.3 Å². The van der Waals surface area contributed by atoms with Crippen LogP contribution in [-0.4, -0.2) is 35.8 Å². The van der Waals surface area contributed by atoms with E-state index in [-0.39, 0.29) is 12.6 Å². The molecule has 1 aliphatic carbocycles. The Kier molecular flexibility index (Phi) is 4.51. The summed E-state index contributed by atoms with van der Waals surface area (Å²) in [4.78, 5) is 19.0. The Morgan fingerprint density at radius 1 is 1.19 bits per heavy atom. The summed E-state index contributed by atoms with van der Waals surface area (Å²) in [5, 5.41) is 16.6. The minimum Gasteiger partial charge on any atom is -0.383 e. The summed E-state index contributed by atoms with van der Waals surface area (Å²) in [5.41, 5.74) is 1.77. The number of nitrogens with one attached hydrogen (secondary N) is 2. The minimum absolute atomic E-state index is 0.190. The van der Waals surface area contributed by atoms with Gasteiger partial charge in [0.05, 0.1) is 12.2 Å². The first kappa shape index (κ1) is 16.8. The van der Waals surface area contributed by atoms with Crippen LogP contribution in [0.1, 0.15) is 30.4 Å². The maximum atomic E-state index is 12.4. The highest BCUT2D eigenvalue weighted by Gasteiger charge is 2.36. The number of anilines is 2. The first-order valence-corrected chi connectivity index (χ1v) is 9.21. The van der Waals surface area contributed by atoms with Gasteiger partial charge in [-0.3, -0.25) is 0 Å². The lowest BCUT2D eigenvalue weighted by Gasteiger charge is -2.25. The quantitative estimate of drug-likeness (QED) is 0.790. The van der Waals surface area contributed by atoms with E-state index in [1.807, 2.05) is 36.4 Å². The van der Waals surface area contributed by atoms with Crippen molar-refractivity contribution in [1.82, 2.24) is 10.3 Å². The van der Waals surface area contributed by atoms with Crippen LogP contribution < -0.4 is 15.5 Å². The van der Waals surface area contributed by atoms with Crippen molar-refractivity contribution in [3.05, 3.63) is 53.7 Å². The van der Waals surface area contributed by atoms with Gasteiger partial charge >= 0.3 is 6.03 Å². The van der Waals surface area contributed by atoms with E-state index in [1.54, 1.807) is 6.20 Å². The number of hydrogen-bond donors (Lipinski definition) is 3. The normalized spacial score (nSPS) is 21.5. The molecule has 1 aromatic heterocycles. The third-order valence-corrected chi connectivity index (χ3v) is 5.31. The van der Waals surface area contributed by atoms with Crippen molar-refractivity contribution in [1.29, 1.82) is 0 Å². The smallest absolute Gasteiger partial charge is 0.319 e. The minimum atomic E-state index is -0.999. The van der Waals surface area contributed by atoms with E-state index < -0.39 is 5.60 Å². The fourth-order valence-electron chi connectivity index (χ4n) is 3.92. The Morgan fingerprint density at radius 3 is 2.85 bits per heavy atom. The molecule has 2 aromatic rings. The van der Waals surface area contributed by atoms with E-state index in [1.165, 1.54) is 0 Å². The summed E-state index contributed by atoms with van der Waals surface area (Å²) < 4.78 is 0. The Balaban J connectivity index is 1.41. The molecule has 0 saturated carbocycles. The number of carbonyl (C=O) groups excluding carboxylic acids is 1. The molecule has 1 unspecified atom stereocenters. The number of aryl methyl sites for hydroxylation is 1. The Bertz CT molecular complexity index is 804. The van der Waals surface area contributed by atoms with Gasteiger partial charge in [-0.25, -0.2) is 9.78 Å². The number of carbonyl (C=O) groups is 1. The number of amides is 2. The van der Waals surface area contributed by atoms with Crippen molar-refractivity contribution >= 4 is 17.5 Å². The monoisotopic (exact) mass is 352 g/mol. The molecule has 1 aliphatic heterocycles. The number of aliphatic hydroxyl groups is 1. The molecule has 1 fully saturated rings. The van der Waals surface area contributed by atoms with Crippen LogP contribution in [0.2, 0.25) is 0 Å². The summed E-state index contributed by atoms with van der Waals surface area (Å²) in [5.74, 6) is 0.810. The van der Waals surface area contributed by atoms with Crippen LogP contribution in [0.3, 0.4) is 0 Å². The molecule has 6 nitrogen and oxygen atoms in total. The molecule has 0 spiro atoms. The molecule has 136 valence electrons. The second-order valence-corrected chi connectivity index (χ2v) is 7.07. The first-order valence-electron chi connectivity index (χ1n) is 9.21. The maximum absolute atomic E-state index is 12.4. The van der Waals surface area contributed by atoms with Crippen LogP contribution in [0.25, 0.3) is 0 Å². The number of urea groups is 1. The van der Waals surface area contributed by atoms with E-state index in [0.717, 1.165) is 49.3 Å². The largest absolute Gasteiger partial charge is 0.383 e. The average molecular weight is 352 g/mol. The molecule has 26 heavy (non-hydrogen) atoms. The lowest BCUT2D eigenvalue weighted by atomic mass is 9.96. The summed E-state index contributed by atoms with van der Waals surface area (Å²) in [7, 11) is 0. The summed E-state index contributed by atoms with van der Waals surface area (Å²) in [6.07, 6.45) is 5.49. The molecule has 4 rings (SSSR count). The first-order chi connectivity index (χ1) is 12.7. The van der Waals surface area contributed by atoms with Crippen LogP contribution in [0, 0.1) is 0 Å². The molecular weight excluding hydrogens is 328 g/mol. The zero-order valence-corrected chi connectivity index (χ0v) is 14.7. The Morgan fingerprint density at radius 2 is 2.00 bits per heavy atom. The molecule has 6 heteroatoms. The van der Waals surface area contributed by atoms with Gasteiger partial charge in [0.25, 0.3) is 0 Å². The van der Waals surface area contributed by atoms with Crippen molar-refractivity contribution in [2.45, 2.75) is 31.3 Å². The van der Waals surface area contributed by atoms with Crippen molar-refractivity contribution in [3.63, 3.8) is 0 Å². The molecule has 1 aromatic carbocycles. The number of nitrogens with zero attached hydrogens (tertiary/aromatic N) is 2. The van der Waals surface area contributed by atoms with Crippen molar-refractivity contribution in [3.8, 4) is 0 Å². The van der Waals surface area contributed by atoms with Crippen molar-refractivity contribution < 1.29 is 9.90 Å². The predicted molar refractivity (Wildman–Crippen MR) is 101 cm³/mol. The second kappa shape index (κ2) is 6.96. The average Bonchev–Trinajstić information content (AvgIpc) is 3.30. The molecule has 3 N–H and O–H groups in total.